The molecule has 3 rings (SSSR count). The SMILES string of the molecule is Cc1cc(NCc2ccc3cnccc3c2)cc(C)c1Br. The van der Waals surface area contributed by atoms with E-state index in [1.165, 1.54) is 31.9 Å². The van der Waals surface area contributed by atoms with E-state index in [4.69, 9.17) is 0 Å². The molecule has 0 fully saturated rings. The van der Waals surface area contributed by atoms with Gasteiger partial charge in [0.1, 0.15) is 0 Å². The number of fused-ring (bicyclic) bond motifs is 1. The molecular formula is C18H17BrN2. The van der Waals surface area contributed by atoms with Gasteiger partial charge in [0, 0.05) is 34.5 Å². The van der Waals surface area contributed by atoms with Crippen molar-refractivity contribution >= 4 is 32.4 Å². The molecule has 2 aromatic carbocycles. The Balaban J connectivity index is 1.80. The summed E-state index contributed by atoms with van der Waals surface area (Å²) in [6.45, 7) is 5.05. The number of aromatic nitrogens is 1. The van der Waals surface area contributed by atoms with E-state index in [1.807, 2.05) is 18.5 Å². The van der Waals surface area contributed by atoms with Gasteiger partial charge in [-0.05, 0) is 60.2 Å². The zero-order valence-electron chi connectivity index (χ0n) is 12.2. The summed E-state index contributed by atoms with van der Waals surface area (Å²) in [4.78, 5) is 4.14. The van der Waals surface area contributed by atoms with Crippen LogP contribution in [0, 0.1) is 13.8 Å². The fourth-order valence-electron chi connectivity index (χ4n) is 2.49. The summed E-state index contributed by atoms with van der Waals surface area (Å²) < 4.78 is 1.19. The van der Waals surface area contributed by atoms with Crippen molar-refractivity contribution in [3.05, 3.63) is 70.0 Å². The molecule has 2 nitrogen and oxygen atoms in total. The second kappa shape index (κ2) is 5.86. The zero-order valence-corrected chi connectivity index (χ0v) is 13.7. The normalized spacial score (nSPS) is 10.8. The molecule has 0 atom stereocenters. The van der Waals surface area contributed by atoms with Crippen molar-refractivity contribution in [3.8, 4) is 0 Å². The van der Waals surface area contributed by atoms with Gasteiger partial charge in [0.15, 0.2) is 0 Å². The van der Waals surface area contributed by atoms with Gasteiger partial charge in [-0.15, -0.1) is 0 Å². The fraction of sp³-hybridized carbons (Fsp3) is 0.167. The van der Waals surface area contributed by atoms with Crippen LogP contribution in [-0.2, 0) is 6.54 Å². The number of pyridine rings is 1. The number of aryl methyl sites for hydroxylation is 2. The molecule has 3 aromatic rings. The fourth-order valence-corrected chi connectivity index (χ4v) is 2.72. The molecule has 0 aliphatic carbocycles. The maximum absolute atomic E-state index is 4.14. The Kier molecular flexibility index (Phi) is 3.93. The van der Waals surface area contributed by atoms with Gasteiger partial charge in [-0.1, -0.05) is 28.1 Å². The minimum absolute atomic E-state index is 0.818. The van der Waals surface area contributed by atoms with Crippen LogP contribution in [0.5, 0.6) is 0 Å². The Morgan fingerprint density at radius 3 is 2.52 bits per heavy atom. The van der Waals surface area contributed by atoms with Gasteiger partial charge in [0.05, 0.1) is 0 Å². The predicted octanol–water partition coefficient (Wildman–Crippen LogP) is 5.23. The third-order valence-corrected chi connectivity index (χ3v) is 4.89. The standard InChI is InChI=1S/C18H17BrN2/c1-12-7-17(8-13(2)18(12)19)21-10-14-3-4-16-11-20-6-5-15(16)9-14/h3-9,11,21H,10H2,1-2H3. The highest BCUT2D eigenvalue weighted by Gasteiger charge is 2.02. The molecule has 1 heterocycles. The third kappa shape index (κ3) is 3.08. The monoisotopic (exact) mass is 340 g/mol. The minimum atomic E-state index is 0.818. The van der Waals surface area contributed by atoms with Crippen LogP contribution in [0.1, 0.15) is 16.7 Å². The van der Waals surface area contributed by atoms with Crippen LogP contribution in [0.25, 0.3) is 10.8 Å². The van der Waals surface area contributed by atoms with Gasteiger partial charge < -0.3 is 5.32 Å². The number of anilines is 1. The van der Waals surface area contributed by atoms with Crippen molar-refractivity contribution in [2.24, 2.45) is 0 Å². The molecule has 0 spiro atoms. The molecule has 0 amide bonds. The molecule has 0 bridgehead atoms. The van der Waals surface area contributed by atoms with E-state index in [9.17, 15) is 0 Å². The first-order chi connectivity index (χ1) is 10.1. The lowest BCUT2D eigenvalue weighted by molar-refractivity contribution is 1.15. The lowest BCUT2D eigenvalue weighted by Gasteiger charge is -2.11. The highest BCUT2D eigenvalue weighted by Crippen LogP contribution is 2.25. The van der Waals surface area contributed by atoms with E-state index < -0.39 is 0 Å². The highest BCUT2D eigenvalue weighted by atomic mass is 79.9. The van der Waals surface area contributed by atoms with Crippen LogP contribution in [0.2, 0.25) is 0 Å². The van der Waals surface area contributed by atoms with Crippen LogP contribution >= 0.6 is 15.9 Å². The summed E-state index contributed by atoms with van der Waals surface area (Å²) in [5.41, 5.74) is 4.93. The van der Waals surface area contributed by atoms with E-state index in [0.29, 0.717) is 0 Å². The van der Waals surface area contributed by atoms with Crippen LogP contribution in [0.4, 0.5) is 5.69 Å². The summed E-state index contributed by atoms with van der Waals surface area (Å²) >= 11 is 3.60. The lowest BCUT2D eigenvalue weighted by Crippen LogP contribution is -2.00. The third-order valence-electron chi connectivity index (χ3n) is 3.64. The predicted molar refractivity (Wildman–Crippen MR) is 92.7 cm³/mol. The van der Waals surface area contributed by atoms with E-state index in [-0.39, 0.29) is 0 Å². The molecule has 0 saturated carbocycles. The molecular weight excluding hydrogens is 324 g/mol. The summed E-state index contributed by atoms with van der Waals surface area (Å²) in [5, 5.41) is 5.90. The van der Waals surface area contributed by atoms with Gasteiger partial charge in [-0.2, -0.15) is 0 Å². The van der Waals surface area contributed by atoms with Crippen molar-refractivity contribution in [3.63, 3.8) is 0 Å². The Morgan fingerprint density at radius 1 is 1.00 bits per heavy atom. The number of benzene rings is 2. The number of nitrogens with zero attached hydrogens (tertiary/aromatic N) is 1. The largest absolute Gasteiger partial charge is 0.381 e. The minimum Gasteiger partial charge on any atom is -0.381 e. The van der Waals surface area contributed by atoms with E-state index in [2.05, 4.69) is 70.4 Å². The Hall–Kier alpha value is -1.87. The maximum Gasteiger partial charge on any atom is 0.0401 e. The number of rotatable bonds is 3. The van der Waals surface area contributed by atoms with Crippen molar-refractivity contribution < 1.29 is 0 Å². The molecule has 1 N–H and O–H groups in total. The van der Waals surface area contributed by atoms with Crippen molar-refractivity contribution in [1.29, 1.82) is 0 Å². The van der Waals surface area contributed by atoms with Gasteiger partial charge >= 0.3 is 0 Å². The molecule has 0 aliphatic rings. The van der Waals surface area contributed by atoms with Crippen LogP contribution in [0.15, 0.2) is 53.3 Å². The number of halogens is 1. The van der Waals surface area contributed by atoms with Crippen molar-refractivity contribution in [1.82, 2.24) is 4.98 Å². The smallest absolute Gasteiger partial charge is 0.0401 e. The maximum atomic E-state index is 4.14. The van der Waals surface area contributed by atoms with Gasteiger partial charge in [0.25, 0.3) is 0 Å². The average Bonchev–Trinajstić information content (AvgIpc) is 2.50. The first-order valence-corrected chi connectivity index (χ1v) is 7.76. The second-order valence-electron chi connectivity index (χ2n) is 5.33. The van der Waals surface area contributed by atoms with Crippen molar-refractivity contribution in [2.45, 2.75) is 20.4 Å². The molecule has 3 heteroatoms. The lowest BCUT2D eigenvalue weighted by atomic mass is 10.1. The molecule has 106 valence electrons. The molecule has 0 aliphatic heterocycles. The highest BCUT2D eigenvalue weighted by molar-refractivity contribution is 9.10. The topological polar surface area (TPSA) is 24.9 Å². The average molecular weight is 341 g/mol. The summed E-state index contributed by atoms with van der Waals surface area (Å²) in [5.74, 6) is 0. The summed E-state index contributed by atoms with van der Waals surface area (Å²) in [6.07, 6.45) is 3.73. The van der Waals surface area contributed by atoms with Crippen LogP contribution in [-0.4, -0.2) is 4.98 Å². The van der Waals surface area contributed by atoms with Gasteiger partial charge in [-0.3, -0.25) is 4.98 Å². The first-order valence-electron chi connectivity index (χ1n) is 6.97. The summed E-state index contributed by atoms with van der Waals surface area (Å²) in [6, 6.07) is 12.9. The van der Waals surface area contributed by atoms with E-state index >= 15 is 0 Å². The quantitative estimate of drug-likeness (QED) is 0.706. The molecule has 0 radical (unpaired) electrons. The van der Waals surface area contributed by atoms with Gasteiger partial charge in [-0.25, -0.2) is 0 Å². The Morgan fingerprint density at radius 2 is 1.76 bits per heavy atom. The van der Waals surface area contributed by atoms with E-state index in [1.54, 1.807) is 0 Å². The number of hydrogen-bond donors (Lipinski definition) is 1. The second-order valence-corrected chi connectivity index (χ2v) is 6.13. The van der Waals surface area contributed by atoms with Crippen LogP contribution < -0.4 is 5.32 Å². The summed E-state index contributed by atoms with van der Waals surface area (Å²) in [7, 11) is 0. The molecule has 0 unspecified atom stereocenters. The number of nitrogens with one attached hydrogen (secondary N) is 1. The Labute approximate surface area is 133 Å². The van der Waals surface area contributed by atoms with E-state index in [0.717, 1.165) is 12.2 Å². The van der Waals surface area contributed by atoms with Crippen molar-refractivity contribution in [2.75, 3.05) is 5.32 Å². The van der Waals surface area contributed by atoms with Gasteiger partial charge in [0.2, 0.25) is 0 Å². The molecule has 1 aromatic heterocycles. The molecule has 21 heavy (non-hydrogen) atoms. The van der Waals surface area contributed by atoms with Crippen LogP contribution in [0.3, 0.4) is 0 Å². The number of hydrogen-bond acceptors (Lipinski definition) is 2. The Bertz CT molecular complexity index is 773. The first kappa shape index (κ1) is 14.1. The zero-order chi connectivity index (χ0) is 14.8. The molecule has 0 saturated heterocycles.